The van der Waals surface area contributed by atoms with Crippen molar-refractivity contribution in [1.29, 1.82) is 0 Å². The minimum absolute atomic E-state index is 0.143. The second kappa shape index (κ2) is 4.78. The van der Waals surface area contributed by atoms with E-state index in [1.165, 1.54) is 11.1 Å². The van der Waals surface area contributed by atoms with Gasteiger partial charge in [-0.1, -0.05) is 30.3 Å². The summed E-state index contributed by atoms with van der Waals surface area (Å²) in [6.07, 6.45) is 4.01. The third kappa shape index (κ3) is 2.38. The van der Waals surface area contributed by atoms with Gasteiger partial charge in [-0.3, -0.25) is 4.79 Å². The third-order valence-electron chi connectivity index (χ3n) is 3.02. The normalized spacial score (nSPS) is 20.9. The van der Waals surface area contributed by atoms with Gasteiger partial charge in [0, 0.05) is 6.42 Å². The van der Waals surface area contributed by atoms with Crippen molar-refractivity contribution in [3.8, 4) is 0 Å². The van der Waals surface area contributed by atoms with Crippen LogP contribution in [0.1, 0.15) is 25.7 Å². The maximum Gasteiger partial charge on any atom is 0.151 e. The highest BCUT2D eigenvalue weighted by Gasteiger charge is 2.24. The average Bonchev–Trinajstić information content (AvgIpc) is 2.74. The van der Waals surface area contributed by atoms with E-state index in [1.807, 2.05) is 18.2 Å². The van der Waals surface area contributed by atoms with E-state index in [2.05, 4.69) is 11.1 Å². The summed E-state index contributed by atoms with van der Waals surface area (Å²) in [5.74, 6) is 0.403. The molecule has 1 aromatic carbocycles. The molecule has 2 nitrogen and oxygen atoms in total. The minimum atomic E-state index is 0.143. The molecule has 4 heteroatoms. The molecule has 0 amide bonds. The van der Waals surface area contributed by atoms with Gasteiger partial charge in [0.25, 0.3) is 0 Å². The molecule has 3 rings (SSSR count). The lowest BCUT2D eigenvalue weighted by molar-refractivity contribution is -0.119. The van der Waals surface area contributed by atoms with Crippen molar-refractivity contribution in [2.75, 3.05) is 0 Å². The van der Waals surface area contributed by atoms with Crippen molar-refractivity contribution in [3.63, 3.8) is 0 Å². The van der Waals surface area contributed by atoms with Crippen LogP contribution < -0.4 is 0 Å². The maximum atomic E-state index is 11.8. The molecule has 0 spiro atoms. The molecule has 1 aromatic heterocycles. The largest absolute Gasteiger partial charge is 0.298 e. The predicted molar refractivity (Wildman–Crippen MR) is 72.7 cm³/mol. The van der Waals surface area contributed by atoms with Gasteiger partial charge in [0.2, 0.25) is 0 Å². The van der Waals surface area contributed by atoms with E-state index in [0.29, 0.717) is 5.78 Å². The molecule has 1 unspecified atom stereocenters. The molecule has 0 saturated heterocycles. The molecule has 0 radical (unpaired) electrons. The van der Waals surface area contributed by atoms with Crippen molar-refractivity contribution < 1.29 is 4.79 Å². The second-order valence-corrected chi connectivity index (χ2v) is 6.75. The first-order valence-corrected chi connectivity index (χ1v) is 7.57. The van der Waals surface area contributed by atoms with Crippen molar-refractivity contribution in [1.82, 2.24) is 4.98 Å². The summed E-state index contributed by atoms with van der Waals surface area (Å²) in [7, 11) is 0. The number of para-hydroxylation sites is 1. The van der Waals surface area contributed by atoms with Gasteiger partial charge in [-0.15, -0.1) is 11.3 Å². The first-order valence-electron chi connectivity index (χ1n) is 5.88. The van der Waals surface area contributed by atoms with Crippen LogP contribution in [0, 0.1) is 0 Å². The fourth-order valence-corrected chi connectivity index (χ4v) is 4.53. The zero-order valence-corrected chi connectivity index (χ0v) is 11.0. The standard InChI is InChI=1S/C13H13NOS2/c15-10-6-2-4-8-12(10)17-13-14-9-5-1-3-7-11(9)16-13/h1,3,5,7,12H,2,4,6,8H2. The number of hydrogen-bond acceptors (Lipinski definition) is 4. The molecule has 1 heterocycles. The SMILES string of the molecule is O=C1CCCCC1Sc1nc2ccccc2s1. The van der Waals surface area contributed by atoms with Crippen LogP contribution in [-0.4, -0.2) is 16.0 Å². The van der Waals surface area contributed by atoms with Crippen molar-refractivity contribution in [2.24, 2.45) is 0 Å². The van der Waals surface area contributed by atoms with Crippen LogP contribution >= 0.6 is 23.1 Å². The number of carbonyl (C=O) groups is 1. The van der Waals surface area contributed by atoms with E-state index in [4.69, 9.17) is 0 Å². The summed E-state index contributed by atoms with van der Waals surface area (Å²) in [4.78, 5) is 16.3. The van der Waals surface area contributed by atoms with Gasteiger partial charge >= 0.3 is 0 Å². The van der Waals surface area contributed by atoms with Crippen LogP contribution in [0.15, 0.2) is 28.6 Å². The molecule has 1 fully saturated rings. The summed E-state index contributed by atoms with van der Waals surface area (Å²) in [6, 6.07) is 8.14. The molecule has 2 aromatic rings. The summed E-state index contributed by atoms with van der Waals surface area (Å²) in [5.41, 5.74) is 1.04. The number of hydrogen-bond donors (Lipinski definition) is 0. The predicted octanol–water partition coefficient (Wildman–Crippen LogP) is 3.90. The Kier molecular flexibility index (Phi) is 3.16. The van der Waals surface area contributed by atoms with Crippen LogP contribution in [0.4, 0.5) is 0 Å². The highest BCUT2D eigenvalue weighted by molar-refractivity contribution is 8.02. The molecule has 1 saturated carbocycles. The number of nitrogens with zero attached hydrogens (tertiary/aromatic N) is 1. The van der Waals surface area contributed by atoms with E-state index in [9.17, 15) is 4.79 Å². The molecule has 88 valence electrons. The Hall–Kier alpha value is -0.870. The molecule has 1 aliphatic rings. The van der Waals surface area contributed by atoms with Crippen LogP contribution in [0.2, 0.25) is 0 Å². The molecule has 1 atom stereocenters. The van der Waals surface area contributed by atoms with E-state index >= 15 is 0 Å². The summed E-state index contributed by atoms with van der Waals surface area (Å²) < 4.78 is 2.24. The van der Waals surface area contributed by atoms with Crippen molar-refractivity contribution in [2.45, 2.75) is 35.3 Å². The Balaban J connectivity index is 1.82. The number of carbonyl (C=O) groups excluding carboxylic acids is 1. The first kappa shape index (κ1) is 11.2. The Morgan fingerprint density at radius 2 is 2.18 bits per heavy atom. The lowest BCUT2D eigenvalue weighted by Crippen LogP contribution is -2.20. The Labute approximate surface area is 108 Å². The Morgan fingerprint density at radius 3 is 3.00 bits per heavy atom. The van der Waals surface area contributed by atoms with Crippen LogP contribution in [0.5, 0.6) is 0 Å². The number of Topliss-reactive ketones (excluding diaryl/α,β-unsaturated/α-hetero) is 1. The van der Waals surface area contributed by atoms with Gasteiger partial charge in [-0.25, -0.2) is 4.98 Å². The zero-order chi connectivity index (χ0) is 11.7. The Morgan fingerprint density at radius 1 is 1.29 bits per heavy atom. The van der Waals surface area contributed by atoms with Gasteiger partial charge in [0.1, 0.15) is 5.78 Å². The second-order valence-electron chi connectivity index (χ2n) is 4.27. The number of ketones is 1. The summed E-state index contributed by atoms with van der Waals surface area (Å²) in [6.45, 7) is 0. The monoisotopic (exact) mass is 263 g/mol. The third-order valence-corrected chi connectivity index (χ3v) is 5.46. The quantitative estimate of drug-likeness (QED) is 0.823. The van der Waals surface area contributed by atoms with Crippen molar-refractivity contribution in [3.05, 3.63) is 24.3 Å². The van der Waals surface area contributed by atoms with E-state index in [1.54, 1.807) is 23.1 Å². The number of benzene rings is 1. The molecular formula is C13H13NOS2. The van der Waals surface area contributed by atoms with Crippen LogP contribution in [-0.2, 0) is 4.79 Å². The maximum absolute atomic E-state index is 11.8. The van der Waals surface area contributed by atoms with Crippen LogP contribution in [0.3, 0.4) is 0 Å². The number of fused-ring (bicyclic) bond motifs is 1. The van der Waals surface area contributed by atoms with Crippen molar-refractivity contribution >= 4 is 39.1 Å². The first-order chi connectivity index (χ1) is 8.33. The van der Waals surface area contributed by atoms with Gasteiger partial charge in [-0.2, -0.15) is 0 Å². The number of thioether (sulfide) groups is 1. The lowest BCUT2D eigenvalue weighted by atomic mass is 9.99. The fraction of sp³-hybridized carbons (Fsp3) is 0.385. The van der Waals surface area contributed by atoms with Crippen LogP contribution in [0.25, 0.3) is 10.2 Å². The fourth-order valence-electron chi connectivity index (χ4n) is 2.10. The number of aromatic nitrogens is 1. The topological polar surface area (TPSA) is 30.0 Å². The number of rotatable bonds is 2. The van der Waals surface area contributed by atoms with Gasteiger partial charge in [0.15, 0.2) is 4.34 Å². The molecule has 0 bridgehead atoms. The molecular weight excluding hydrogens is 250 g/mol. The molecule has 0 aliphatic heterocycles. The Bertz CT molecular complexity index is 516. The molecule has 1 aliphatic carbocycles. The molecule has 0 N–H and O–H groups in total. The highest BCUT2D eigenvalue weighted by Crippen LogP contribution is 2.36. The minimum Gasteiger partial charge on any atom is -0.298 e. The van der Waals surface area contributed by atoms with Gasteiger partial charge < -0.3 is 0 Å². The average molecular weight is 263 g/mol. The van der Waals surface area contributed by atoms with Gasteiger partial charge in [0.05, 0.1) is 15.5 Å². The zero-order valence-electron chi connectivity index (χ0n) is 9.39. The number of thiazole rings is 1. The summed E-state index contributed by atoms with van der Waals surface area (Å²) in [5, 5.41) is 0.143. The molecule has 17 heavy (non-hydrogen) atoms. The van der Waals surface area contributed by atoms with E-state index in [-0.39, 0.29) is 5.25 Å². The smallest absolute Gasteiger partial charge is 0.151 e. The summed E-state index contributed by atoms with van der Waals surface area (Å²) >= 11 is 3.35. The van der Waals surface area contributed by atoms with E-state index in [0.717, 1.165) is 29.1 Å². The lowest BCUT2D eigenvalue weighted by Gasteiger charge is -2.18. The van der Waals surface area contributed by atoms with Gasteiger partial charge in [-0.05, 0) is 25.0 Å². The highest BCUT2D eigenvalue weighted by atomic mass is 32.2. The van der Waals surface area contributed by atoms with E-state index < -0.39 is 0 Å².